The van der Waals surface area contributed by atoms with Crippen molar-refractivity contribution in [1.82, 2.24) is 4.98 Å². The molecule has 1 N–H and O–H groups in total. The number of pyridine rings is 1. The standard InChI is InChI=1S/C25H20NO.C13H24O2.Ir/c1-2-6-16(7-3-1)20-12-19-10-11-26-25-21-13-17-8-4-5-9-18(17)14-22(21)27-23(15-20)24(19)25;1-5-10(6-2)12(14)9-13(15)11(7-3)8-4;/h4-5,8-12,14-16H,1-3,6-7H2;9-11,14H,5-8H2,1-4H3;/q-1;;/b;12-9-;. The number of rotatable bonds is 8. The molecule has 1 aliphatic heterocycles. The molecule has 3 aromatic carbocycles. The number of carbonyl (C=O) groups is 1. The predicted octanol–water partition coefficient (Wildman–Crippen LogP) is 10.9. The molecule has 5 heteroatoms. The summed E-state index contributed by atoms with van der Waals surface area (Å²) in [5.41, 5.74) is 3.38. The van der Waals surface area contributed by atoms with Crippen molar-refractivity contribution in [1.29, 1.82) is 0 Å². The fraction of sp³-hybridized carbons (Fsp3) is 0.421. The van der Waals surface area contributed by atoms with E-state index in [9.17, 15) is 9.90 Å². The maximum atomic E-state index is 11.7. The number of aliphatic hydroxyl groups is 1. The van der Waals surface area contributed by atoms with Gasteiger partial charge in [-0.3, -0.25) is 9.78 Å². The summed E-state index contributed by atoms with van der Waals surface area (Å²) < 4.78 is 6.42. The van der Waals surface area contributed by atoms with E-state index in [1.54, 1.807) is 0 Å². The van der Waals surface area contributed by atoms with E-state index < -0.39 is 0 Å². The van der Waals surface area contributed by atoms with E-state index >= 15 is 0 Å². The number of hydrogen-bond acceptors (Lipinski definition) is 4. The van der Waals surface area contributed by atoms with Crippen LogP contribution in [0, 0.1) is 17.9 Å². The summed E-state index contributed by atoms with van der Waals surface area (Å²) in [6.45, 7) is 8.07. The summed E-state index contributed by atoms with van der Waals surface area (Å²) in [6.07, 6.45) is 13.5. The van der Waals surface area contributed by atoms with Crippen LogP contribution in [0.15, 0.2) is 66.6 Å². The fourth-order valence-electron chi connectivity index (χ4n) is 6.54. The van der Waals surface area contributed by atoms with Crippen molar-refractivity contribution in [2.45, 2.75) is 91.4 Å². The van der Waals surface area contributed by atoms with Crippen LogP contribution in [0.5, 0.6) is 11.5 Å². The quantitative estimate of drug-likeness (QED) is 0.0974. The van der Waals surface area contributed by atoms with Gasteiger partial charge in [0.1, 0.15) is 5.75 Å². The van der Waals surface area contributed by atoms with Gasteiger partial charge in [0.2, 0.25) is 0 Å². The molecule has 0 bridgehead atoms. The van der Waals surface area contributed by atoms with Crippen molar-refractivity contribution >= 4 is 27.3 Å². The molecule has 1 radical (unpaired) electrons. The summed E-state index contributed by atoms with van der Waals surface area (Å²) in [5, 5.41) is 14.4. The molecule has 6 rings (SSSR count). The number of aliphatic hydroxyl groups excluding tert-OH is 1. The maximum absolute atomic E-state index is 11.7. The van der Waals surface area contributed by atoms with E-state index in [0.717, 1.165) is 64.6 Å². The van der Waals surface area contributed by atoms with Gasteiger partial charge in [-0.15, -0.1) is 17.5 Å². The first kappa shape index (κ1) is 32.9. The number of nitrogens with zero attached hydrogens (tertiary/aromatic N) is 1. The third-order valence-electron chi connectivity index (χ3n) is 9.22. The third-order valence-corrected chi connectivity index (χ3v) is 9.22. The van der Waals surface area contributed by atoms with Crippen molar-refractivity contribution in [2.75, 3.05) is 0 Å². The summed E-state index contributed by atoms with van der Waals surface area (Å²) in [5.74, 6) is 3.02. The molecule has 0 amide bonds. The van der Waals surface area contributed by atoms with Crippen LogP contribution < -0.4 is 4.74 Å². The molecule has 2 heterocycles. The van der Waals surface area contributed by atoms with Gasteiger partial charge in [0.15, 0.2) is 5.78 Å². The first-order valence-corrected chi connectivity index (χ1v) is 16.0. The predicted molar refractivity (Wildman–Crippen MR) is 173 cm³/mol. The number of allylic oxidation sites excluding steroid dienone is 2. The number of carbonyl (C=O) groups excluding carboxylic acids is 1. The van der Waals surface area contributed by atoms with Crippen molar-refractivity contribution in [3.05, 3.63) is 78.2 Å². The Labute approximate surface area is 270 Å². The second kappa shape index (κ2) is 15.1. The average Bonchev–Trinajstić information content (AvgIpc) is 3.02. The van der Waals surface area contributed by atoms with Gasteiger partial charge in [0, 0.05) is 55.3 Å². The SMILES string of the molecule is CCC(CC)C(=O)/C=C(\O)C(CC)CC.[Ir].[c-]1c2c(cc3ccccc13)Oc1cc(C3CCCCC3)cc3ccnc-2c13. The van der Waals surface area contributed by atoms with Gasteiger partial charge in [-0.1, -0.05) is 88.2 Å². The van der Waals surface area contributed by atoms with Crippen molar-refractivity contribution in [3.63, 3.8) is 0 Å². The summed E-state index contributed by atoms with van der Waals surface area (Å²) in [4.78, 5) is 16.4. The zero-order valence-corrected chi connectivity index (χ0v) is 28.3. The van der Waals surface area contributed by atoms with Gasteiger partial charge in [-0.05, 0) is 67.5 Å². The van der Waals surface area contributed by atoms with Gasteiger partial charge in [-0.2, -0.15) is 0 Å². The Balaban J connectivity index is 0.000000230. The van der Waals surface area contributed by atoms with Gasteiger partial charge < -0.3 is 9.84 Å². The van der Waals surface area contributed by atoms with Crippen molar-refractivity contribution in [3.8, 4) is 22.8 Å². The van der Waals surface area contributed by atoms with Crippen LogP contribution in [-0.2, 0) is 24.9 Å². The van der Waals surface area contributed by atoms with E-state index in [1.807, 2.05) is 40.0 Å². The van der Waals surface area contributed by atoms with Crippen LogP contribution in [0.25, 0.3) is 32.8 Å². The van der Waals surface area contributed by atoms with Crippen LogP contribution in [0.3, 0.4) is 0 Å². The molecule has 0 saturated heterocycles. The maximum Gasteiger partial charge on any atom is 0.162 e. The third kappa shape index (κ3) is 7.21. The van der Waals surface area contributed by atoms with Crippen LogP contribution in [0.2, 0.25) is 0 Å². The summed E-state index contributed by atoms with van der Waals surface area (Å²) >= 11 is 0. The first-order chi connectivity index (χ1) is 20.5. The normalized spacial score (nSPS) is 14.6. The van der Waals surface area contributed by atoms with Gasteiger partial charge >= 0.3 is 0 Å². The molecule has 43 heavy (non-hydrogen) atoms. The Morgan fingerprint density at radius 1 is 0.930 bits per heavy atom. The van der Waals surface area contributed by atoms with E-state index in [1.165, 1.54) is 49.1 Å². The zero-order valence-electron chi connectivity index (χ0n) is 25.9. The molecular formula is C38H44IrNO3-. The molecule has 0 unspecified atom stereocenters. The monoisotopic (exact) mass is 755 g/mol. The second-order valence-corrected chi connectivity index (χ2v) is 11.8. The molecule has 1 fully saturated rings. The molecule has 1 saturated carbocycles. The Bertz CT molecular complexity index is 1580. The number of benzene rings is 3. The minimum atomic E-state index is 0. The molecule has 4 aromatic rings. The topological polar surface area (TPSA) is 59.4 Å². The minimum absolute atomic E-state index is 0. The Morgan fingerprint density at radius 3 is 2.33 bits per heavy atom. The van der Waals surface area contributed by atoms with Crippen LogP contribution in [0.1, 0.15) is 97.0 Å². The molecule has 4 nitrogen and oxygen atoms in total. The van der Waals surface area contributed by atoms with Crippen LogP contribution >= 0.6 is 0 Å². The Morgan fingerprint density at radius 2 is 1.63 bits per heavy atom. The number of fused-ring (bicyclic) bond motifs is 3. The molecule has 1 aromatic heterocycles. The van der Waals surface area contributed by atoms with E-state index in [4.69, 9.17) is 9.72 Å². The van der Waals surface area contributed by atoms with E-state index in [0.29, 0.717) is 5.92 Å². The first-order valence-electron chi connectivity index (χ1n) is 16.0. The van der Waals surface area contributed by atoms with Gasteiger partial charge in [0.25, 0.3) is 0 Å². The van der Waals surface area contributed by atoms with Gasteiger partial charge in [-0.25, -0.2) is 0 Å². The van der Waals surface area contributed by atoms with Crippen molar-refractivity contribution < 1.29 is 34.7 Å². The molecule has 0 spiro atoms. The van der Waals surface area contributed by atoms with Gasteiger partial charge in [0.05, 0.1) is 11.5 Å². The summed E-state index contributed by atoms with van der Waals surface area (Å²) in [6, 6.07) is 20.7. The number of hydrogen-bond donors (Lipinski definition) is 1. The largest absolute Gasteiger partial charge is 0.512 e. The smallest absolute Gasteiger partial charge is 0.162 e. The zero-order chi connectivity index (χ0) is 29.6. The Kier molecular flexibility index (Phi) is 11.6. The van der Waals surface area contributed by atoms with E-state index in [2.05, 4.69) is 48.5 Å². The van der Waals surface area contributed by atoms with Crippen LogP contribution in [-0.4, -0.2) is 15.9 Å². The molecule has 1 aliphatic carbocycles. The molecule has 0 atom stereocenters. The average molecular weight is 755 g/mol. The second-order valence-electron chi connectivity index (χ2n) is 11.8. The summed E-state index contributed by atoms with van der Waals surface area (Å²) in [7, 11) is 0. The number of ketones is 1. The Hall–Kier alpha value is -3.01. The fourth-order valence-corrected chi connectivity index (χ4v) is 6.54. The number of aromatic nitrogens is 1. The molecule has 229 valence electrons. The van der Waals surface area contributed by atoms with E-state index in [-0.39, 0.29) is 43.5 Å². The number of ether oxygens (including phenoxy) is 1. The molecular weight excluding hydrogens is 711 g/mol. The van der Waals surface area contributed by atoms with Crippen LogP contribution in [0.4, 0.5) is 0 Å². The van der Waals surface area contributed by atoms with Crippen molar-refractivity contribution in [2.24, 2.45) is 11.8 Å². The minimum Gasteiger partial charge on any atom is -0.512 e. The molecule has 2 aliphatic rings.